The smallest absolute Gasteiger partial charge is 0.168 e. The first-order valence-electron chi connectivity index (χ1n) is 5.82. The molecule has 1 aromatic heterocycles. The number of para-hydroxylation sites is 1. The Balaban J connectivity index is 2.66. The molecule has 3 nitrogen and oxygen atoms in total. The summed E-state index contributed by atoms with van der Waals surface area (Å²) in [5.41, 5.74) is 4.26. The van der Waals surface area contributed by atoms with E-state index in [2.05, 4.69) is 11.1 Å². The Morgan fingerprint density at radius 1 is 1.00 bits per heavy atom. The molecule has 0 amide bonds. The molecule has 0 aliphatic heterocycles. The zero-order chi connectivity index (χ0) is 13.1. The number of aryl methyl sites for hydroxylation is 2. The molecule has 2 rings (SSSR count). The zero-order valence-electron chi connectivity index (χ0n) is 11.2. The van der Waals surface area contributed by atoms with Gasteiger partial charge in [-0.15, -0.1) is 0 Å². The molecule has 0 unspecified atom stereocenters. The van der Waals surface area contributed by atoms with Crippen LogP contribution in [0.25, 0.3) is 11.1 Å². The molecular weight excluding hydrogens is 226 g/mol. The maximum absolute atomic E-state index is 5.47. The van der Waals surface area contributed by atoms with Crippen molar-refractivity contribution in [2.75, 3.05) is 14.2 Å². The van der Waals surface area contributed by atoms with Gasteiger partial charge in [0.25, 0.3) is 0 Å². The lowest BCUT2D eigenvalue weighted by Gasteiger charge is -2.14. The summed E-state index contributed by atoms with van der Waals surface area (Å²) in [6.07, 6.45) is 1.88. The van der Waals surface area contributed by atoms with E-state index in [1.165, 1.54) is 0 Å². The normalized spacial score (nSPS) is 10.2. The second-order valence-corrected chi connectivity index (χ2v) is 4.18. The summed E-state index contributed by atoms with van der Waals surface area (Å²) in [7, 11) is 3.30. The largest absolute Gasteiger partial charge is 0.493 e. The molecule has 0 aliphatic rings. The highest BCUT2D eigenvalue weighted by Gasteiger charge is 2.13. The quantitative estimate of drug-likeness (QED) is 0.828. The van der Waals surface area contributed by atoms with Gasteiger partial charge in [0.15, 0.2) is 11.5 Å². The van der Waals surface area contributed by atoms with E-state index in [1.807, 2.05) is 38.2 Å². The van der Waals surface area contributed by atoms with Gasteiger partial charge in [0.2, 0.25) is 0 Å². The first kappa shape index (κ1) is 12.4. The monoisotopic (exact) mass is 243 g/mol. The summed E-state index contributed by atoms with van der Waals surface area (Å²) in [5.74, 6) is 1.50. The van der Waals surface area contributed by atoms with Crippen molar-refractivity contribution in [1.82, 2.24) is 4.98 Å². The Labute approximate surface area is 107 Å². The second-order valence-electron chi connectivity index (χ2n) is 4.18. The van der Waals surface area contributed by atoms with Gasteiger partial charge < -0.3 is 9.47 Å². The van der Waals surface area contributed by atoms with Crippen molar-refractivity contribution in [2.45, 2.75) is 13.8 Å². The molecule has 0 fully saturated rings. The van der Waals surface area contributed by atoms with Crippen molar-refractivity contribution in [3.05, 3.63) is 41.7 Å². The van der Waals surface area contributed by atoms with Crippen LogP contribution in [0.5, 0.6) is 11.5 Å². The lowest BCUT2D eigenvalue weighted by atomic mass is 10.0. The minimum absolute atomic E-state index is 0.740. The van der Waals surface area contributed by atoms with Crippen molar-refractivity contribution in [3.63, 3.8) is 0 Å². The van der Waals surface area contributed by atoms with E-state index >= 15 is 0 Å². The molecule has 3 heteroatoms. The Morgan fingerprint density at radius 2 is 1.78 bits per heavy atom. The fourth-order valence-corrected chi connectivity index (χ4v) is 2.02. The number of aromatic nitrogens is 1. The van der Waals surface area contributed by atoms with Crippen LogP contribution >= 0.6 is 0 Å². The van der Waals surface area contributed by atoms with Crippen LogP contribution < -0.4 is 9.47 Å². The van der Waals surface area contributed by atoms with Gasteiger partial charge in [-0.05, 0) is 37.1 Å². The van der Waals surface area contributed by atoms with E-state index in [9.17, 15) is 0 Å². The second kappa shape index (κ2) is 5.08. The minimum atomic E-state index is 0.740. The number of methoxy groups -OCH3 is 2. The maximum atomic E-state index is 5.47. The Morgan fingerprint density at radius 3 is 2.44 bits per heavy atom. The average molecular weight is 243 g/mol. The fourth-order valence-electron chi connectivity index (χ4n) is 2.02. The standard InChI is InChI=1S/C15H17NO2/c1-10-9-16-11(2)8-13(10)12-6-5-7-14(17-3)15(12)18-4/h5-9H,1-4H3. The molecule has 0 saturated carbocycles. The minimum Gasteiger partial charge on any atom is -0.493 e. The highest BCUT2D eigenvalue weighted by Crippen LogP contribution is 2.38. The molecular formula is C15H17NO2. The van der Waals surface area contributed by atoms with Crippen LogP contribution in [0.4, 0.5) is 0 Å². The van der Waals surface area contributed by atoms with Crippen LogP contribution in [-0.4, -0.2) is 19.2 Å². The zero-order valence-corrected chi connectivity index (χ0v) is 11.2. The van der Waals surface area contributed by atoms with E-state index in [0.29, 0.717) is 0 Å². The van der Waals surface area contributed by atoms with Crippen LogP contribution in [0.15, 0.2) is 30.5 Å². The third-order valence-corrected chi connectivity index (χ3v) is 2.93. The Kier molecular flexibility index (Phi) is 3.51. The highest BCUT2D eigenvalue weighted by molar-refractivity contribution is 5.76. The van der Waals surface area contributed by atoms with Crippen LogP contribution in [0.3, 0.4) is 0 Å². The number of hydrogen-bond acceptors (Lipinski definition) is 3. The van der Waals surface area contributed by atoms with E-state index < -0.39 is 0 Å². The van der Waals surface area contributed by atoms with E-state index in [1.54, 1.807) is 14.2 Å². The molecule has 0 saturated heterocycles. The third-order valence-electron chi connectivity index (χ3n) is 2.93. The number of nitrogens with zero attached hydrogens (tertiary/aromatic N) is 1. The first-order valence-corrected chi connectivity index (χ1v) is 5.82. The number of pyridine rings is 1. The summed E-state index contributed by atoms with van der Waals surface area (Å²) in [5, 5.41) is 0. The SMILES string of the molecule is COc1cccc(-c2cc(C)ncc2C)c1OC. The van der Waals surface area contributed by atoms with Gasteiger partial charge in [0.1, 0.15) is 0 Å². The summed E-state index contributed by atoms with van der Waals surface area (Å²) >= 11 is 0. The van der Waals surface area contributed by atoms with Crippen molar-refractivity contribution in [2.24, 2.45) is 0 Å². The third kappa shape index (κ3) is 2.16. The molecule has 0 spiro atoms. The highest BCUT2D eigenvalue weighted by atomic mass is 16.5. The molecule has 0 N–H and O–H groups in total. The van der Waals surface area contributed by atoms with E-state index in [0.717, 1.165) is 33.9 Å². The first-order chi connectivity index (χ1) is 8.67. The molecule has 0 radical (unpaired) electrons. The van der Waals surface area contributed by atoms with Crippen LogP contribution in [0.2, 0.25) is 0 Å². The van der Waals surface area contributed by atoms with Crippen LogP contribution in [-0.2, 0) is 0 Å². The molecule has 18 heavy (non-hydrogen) atoms. The molecule has 0 atom stereocenters. The Hall–Kier alpha value is -2.03. The molecule has 0 bridgehead atoms. The van der Waals surface area contributed by atoms with Crippen molar-refractivity contribution in [3.8, 4) is 22.6 Å². The van der Waals surface area contributed by atoms with Crippen molar-refractivity contribution in [1.29, 1.82) is 0 Å². The topological polar surface area (TPSA) is 31.4 Å². The summed E-state index contributed by atoms with van der Waals surface area (Å²) < 4.78 is 10.8. The lowest BCUT2D eigenvalue weighted by molar-refractivity contribution is 0.356. The molecule has 1 heterocycles. The van der Waals surface area contributed by atoms with Gasteiger partial charge in [-0.25, -0.2) is 0 Å². The summed E-state index contributed by atoms with van der Waals surface area (Å²) in [4.78, 5) is 4.29. The van der Waals surface area contributed by atoms with Gasteiger partial charge in [0, 0.05) is 17.5 Å². The van der Waals surface area contributed by atoms with Crippen molar-refractivity contribution < 1.29 is 9.47 Å². The van der Waals surface area contributed by atoms with Gasteiger partial charge in [-0.2, -0.15) is 0 Å². The maximum Gasteiger partial charge on any atom is 0.168 e. The van der Waals surface area contributed by atoms with Gasteiger partial charge >= 0.3 is 0 Å². The van der Waals surface area contributed by atoms with Gasteiger partial charge in [0.05, 0.1) is 14.2 Å². The number of benzene rings is 1. The molecule has 2 aromatic rings. The van der Waals surface area contributed by atoms with E-state index in [-0.39, 0.29) is 0 Å². The summed E-state index contributed by atoms with van der Waals surface area (Å²) in [6, 6.07) is 7.95. The van der Waals surface area contributed by atoms with Gasteiger partial charge in [-0.1, -0.05) is 12.1 Å². The number of hydrogen-bond donors (Lipinski definition) is 0. The predicted octanol–water partition coefficient (Wildman–Crippen LogP) is 3.38. The summed E-state index contributed by atoms with van der Waals surface area (Å²) in [6.45, 7) is 4.02. The molecule has 0 aliphatic carbocycles. The van der Waals surface area contributed by atoms with E-state index in [4.69, 9.17) is 9.47 Å². The predicted molar refractivity (Wildman–Crippen MR) is 72.3 cm³/mol. The van der Waals surface area contributed by atoms with Crippen LogP contribution in [0, 0.1) is 13.8 Å². The fraction of sp³-hybridized carbons (Fsp3) is 0.267. The van der Waals surface area contributed by atoms with Crippen LogP contribution in [0.1, 0.15) is 11.3 Å². The number of ether oxygens (including phenoxy) is 2. The lowest BCUT2D eigenvalue weighted by Crippen LogP contribution is -1.95. The van der Waals surface area contributed by atoms with Gasteiger partial charge in [-0.3, -0.25) is 4.98 Å². The molecule has 1 aromatic carbocycles. The average Bonchev–Trinajstić information content (AvgIpc) is 2.40. The van der Waals surface area contributed by atoms with Crippen molar-refractivity contribution >= 4 is 0 Å². The molecule has 94 valence electrons. The number of rotatable bonds is 3. The Bertz CT molecular complexity index is 564.